The smallest absolute Gasteiger partial charge is 0.161 e. The van der Waals surface area contributed by atoms with E-state index < -0.39 is 0 Å². The summed E-state index contributed by atoms with van der Waals surface area (Å²) in [7, 11) is 1.67. The minimum absolute atomic E-state index is 0.206. The van der Waals surface area contributed by atoms with E-state index in [9.17, 15) is 5.11 Å². The van der Waals surface area contributed by atoms with Crippen molar-refractivity contribution in [2.45, 2.75) is 38.7 Å². The molecule has 1 N–H and O–H groups in total. The molecule has 2 fully saturated rings. The summed E-state index contributed by atoms with van der Waals surface area (Å²) in [5.41, 5.74) is 0.971. The molecule has 4 heteroatoms. The van der Waals surface area contributed by atoms with Gasteiger partial charge < -0.3 is 14.6 Å². The Kier molecular flexibility index (Phi) is 4.33. The van der Waals surface area contributed by atoms with Crippen LogP contribution in [0.25, 0.3) is 0 Å². The second-order valence-corrected chi connectivity index (χ2v) is 6.96. The van der Waals surface area contributed by atoms with Gasteiger partial charge in [-0.15, -0.1) is 0 Å². The summed E-state index contributed by atoms with van der Waals surface area (Å²) in [5.74, 6) is 2.52. The molecule has 0 aromatic heterocycles. The Morgan fingerprint density at radius 2 is 2.14 bits per heavy atom. The zero-order valence-corrected chi connectivity index (χ0v) is 13.7. The third-order valence-electron chi connectivity index (χ3n) is 5.28. The number of rotatable bonds is 6. The van der Waals surface area contributed by atoms with Crippen LogP contribution in [-0.2, 0) is 0 Å². The Morgan fingerprint density at radius 3 is 2.77 bits per heavy atom. The molecule has 1 saturated heterocycles. The molecule has 3 rings (SSSR count). The lowest BCUT2D eigenvalue weighted by atomic mass is 9.72. The van der Waals surface area contributed by atoms with Crippen molar-refractivity contribution in [2.24, 2.45) is 11.3 Å². The third-order valence-corrected chi connectivity index (χ3v) is 5.28. The molecule has 22 heavy (non-hydrogen) atoms. The van der Waals surface area contributed by atoms with Crippen LogP contribution in [0.3, 0.4) is 0 Å². The molecule has 0 amide bonds. The molecule has 1 aromatic rings. The first kappa shape index (κ1) is 15.6. The summed E-state index contributed by atoms with van der Waals surface area (Å²) in [6.45, 7) is 6.22. The van der Waals surface area contributed by atoms with Crippen molar-refractivity contribution in [3.05, 3.63) is 23.8 Å². The molecule has 0 spiro atoms. The molecule has 0 unspecified atom stereocenters. The van der Waals surface area contributed by atoms with E-state index >= 15 is 0 Å². The van der Waals surface area contributed by atoms with Crippen molar-refractivity contribution in [3.8, 4) is 11.5 Å². The first-order valence-corrected chi connectivity index (χ1v) is 8.16. The van der Waals surface area contributed by atoms with Gasteiger partial charge in [-0.3, -0.25) is 0 Å². The molecular weight excluding hydrogens is 278 g/mol. The monoisotopic (exact) mass is 304 g/mol. The van der Waals surface area contributed by atoms with E-state index in [1.54, 1.807) is 7.11 Å². The lowest BCUT2D eigenvalue weighted by molar-refractivity contribution is 0.0547. The Hall–Kier alpha value is -1.26. The molecule has 1 saturated carbocycles. The molecular formula is C18H26NO3. The van der Waals surface area contributed by atoms with Crippen LogP contribution in [0.5, 0.6) is 11.5 Å². The van der Waals surface area contributed by atoms with Crippen LogP contribution >= 0.6 is 0 Å². The van der Waals surface area contributed by atoms with E-state index in [4.69, 9.17) is 9.47 Å². The highest BCUT2D eigenvalue weighted by Gasteiger charge is 2.44. The van der Waals surface area contributed by atoms with Gasteiger partial charge in [0.05, 0.1) is 19.8 Å². The van der Waals surface area contributed by atoms with Crippen LogP contribution in [0.15, 0.2) is 18.2 Å². The van der Waals surface area contributed by atoms with Crippen molar-refractivity contribution in [2.75, 3.05) is 26.8 Å². The van der Waals surface area contributed by atoms with E-state index in [0.717, 1.165) is 24.7 Å². The Labute approximate surface area is 132 Å². The van der Waals surface area contributed by atoms with Crippen molar-refractivity contribution in [3.63, 3.8) is 0 Å². The number of ether oxygens (including phenoxy) is 2. The quantitative estimate of drug-likeness (QED) is 0.879. The molecule has 1 radical (unpaired) electrons. The van der Waals surface area contributed by atoms with Gasteiger partial charge in [0.2, 0.25) is 0 Å². The number of nitrogens with zero attached hydrogens (tertiary/aromatic N) is 1. The number of hydrogen-bond acceptors (Lipinski definition) is 3. The van der Waals surface area contributed by atoms with Crippen LogP contribution < -0.4 is 14.8 Å². The average molecular weight is 304 g/mol. The highest BCUT2D eigenvalue weighted by atomic mass is 16.5. The molecule has 3 atom stereocenters. The predicted octanol–water partition coefficient (Wildman–Crippen LogP) is 2.57. The predicted molar refractivity (Wildman–Crippen MR) is 85.6 cm³/mol. The number of methoxy groups -OCH3 is 1. The maximum absolute atomic E-state index is 10.2. The summed E-state index contributed by atoms with van der Waals surface area (Å²) in [6, 6.07) is 6.13. The summed E-state index contributed by atoms with van der Waals surface area (Å²) in [5, 5.41) is 14.7. The zero-order chi connectivity index (χ0) is 15.7. The first-order valence-electron chi connectivity index (χ1n) is 8.16. The van der Waals surface area contributed by atoms with Gasteiger partial charge in [-0.1, -0.05) is 13.0 Å². The van der Waals surface area contributed by atoms with E-state index in [1.165, 1.54) is 18.4 Å². The van der Waals surface area contributed by atoms with Crippen LogP contribution in [0, 0.1) is 11.3 Å². The molecule has 2 aliphatic rings. The normalized spacial score (nSPS) is 29.4. The van der Waals surface area contributed by atoms with Crippen molar-refractivity contribution >= 4 is 0 Å². The fourth-order valence-corrected chi connectivity index (χ4v) is 3.18. The van der Waals surface area contributed by atoms with Crippen molar-refractivity contribution in [1.82, 2.24) is 5.32 Å². The summed E-state index contributed by atoms with van der Waals surface area (Å²) < 4.78 is 11.4. The van der Waals surface area contributed by atoms with Gasteiger partial charge in [0.25, 0.3) is 0 Å². The zero-order valence-electron chi connectivity index (χ0n) is 13.7. The minimum Gasteiger partial charge on any atom is -0.493 e. The lowest BCUT2D eigenvalue weighted by Crippen LogP contribution is -2.36. The highest BCUT2D eigenvalue weighted by molar-refractivity contribution is 5.45. The molecule has 1 aliphatic carbocycles. The second-order valence-electron chi connectivity index (χ2n) is 6.96. The Bertz CT molecular complexity index is 527. The number of benzene rings is 1. The summed E-state index contributed by atoms with van der Waals surface area (Å²) in [4.78, 5) is 0. The Morgan fingerprint density at radius 1 is 1.36 bits per heavy atom. The van der Waals surface area contributed by atoms with Crippen molar-refractivity contribution < 1.29 is 14.6 Å². The van der Waals surface area contributed by atoms with E-state index in [0.29, 0.717) is 12.5 Å². The number of hydrogen-bond donors (Lipinski definition) is 1. The van der Waals surface area contributed by atoms with Gasteiger partial charge >= 0.3 is 0 Å². The molecule has 1 heterocycles. The van der Waals surface area contributed by atoms with Crippen LogP contribution in [0.4, 0.5) is 0 Å². The molecule has 121 valence electrons. The maximum Gasteiger partial charge on any atom is 0.161 e. The average Bonchev–Trinajstić information content (AvgIpc) is 3.25. The fourth-order valence-electron chi connectivity index (χ4n) is 3.18. The first-order chi connectivity index (χ1) is 10.5. The van der Waals surface area contributed by atoms with Crippen molar-refractivity contribution in [1.29, 1.82) is 0 Å². The highest BCUT2D eigenvalue weighted by Crippen LogP contribution is 2.44. The summed E-state index contributed by atoms with van der Waals surface area (Å²) in [6.07, 6.45) is 2.15. The van der Waals surface area contributed by atoms with E-state index in [1.807, 2.05) is 13.0 Å². The number of aliphatic hydroxyl groups excluding tert-OH is 1. The van der Waals surface area contributed by atoms with Gasteiger partial charge in [0.15, 0.2) is 11.5 Å². The molecule has 4 nitrogen and oxygen atoms in total. The van der Waals surface area contributed by atoms with Crippen LogP contribution in [-0.4, -0.2) is 38.0 Å². The fraction of sp³-hybridized carbons (Fsp3) is 0.667. The molecule has 0 bridgehead atoms. The van der Waals surface area contributed by atoms with Gasteiger partial charge in [0, 0.05) is 24.4 Å². The minimum atomic E-state index is -0.387. The van der Waals surface area contributed by atoms with Gasteiger partial charge in [-0.25, -0.2) is 5.32 Å². The van der Waals surface area contributed by atoms with Crippen LogP contribution in [0.2, 0.25) is 0 Å². The van der Waals surface area contributed by atoms with Gasteiger partial charge in [-0.05, 0) is 43.4 Å². The van der Waals surface area contributed by atoms with E-state index in [2.05, 4.69) is 24.4 Å². The SMILES string of the molecule is COc1ccc([C@@H]2C[N]C[C@@]2(C)[C@@H](C)O)cc1OCC1CC1. The van der Waals surface area contributed by atoms with Gasteiger partial charge in [0.1, 0.15) is 0 Å². The molecule has 1 aromatic carbocycles. The third kappa shape index (κ3) is 2.95. The van der Waals surface area contributed by atoms with Crippen LogP contribution in [0.1, 0.15) is 38.2 Å². The van der Waals surface area contributed by atoms with Gasteiger partial charge in [-0.2, -0.15) is 0 Å². The summed E-state index contributed by atoms with van der Waals surface area (Å²) >= 11 is 0. The second kappa shape index (κ2) is 6.09. The maximum atomic E-state index is 10.2. The Balaban J connectivity index is 1.84. The molecule has 1 aliphatic heterocycles. The lowest BCUT2D eigenvalue weighted by Gasteiger charge is -2.33. The number of aliphatic hydroxyl groups is 1. The van der Waals surface area contributed by atoms with E-state index in [-0.39, 0.29) is 17.4 Å². The topological polar surface area (TPSA) is 52.8 Å². The largest absolute Gasteiger partial charge is 0.493 e. The standard InChI is InChI=1S/C18H26NO3/c1-12(20)18(2)11-19-9-15(18)14-6-7-16(21-3)17(8-14)22-10-13-4-5-13/h6-8,12-13,15,20H,4-5,9-11H2,1-3H3/t12-,15+,18+/m1/s1.